The molecule has 1 amide bonds. The van der Waals surface area contributed by atoms with Crippen LogP contribution in [-0.4, -0.2) is 94.8 Å². The third kappa shape index (κ3) is 5.85. The standard InChI is InChI=1S/C36H43N3O10/c1-16(2)11-23(35(46)49-6)38-15-17-7-10-25(48-5)20(12-17)19-8-9-24(40)27-21(19)13-18-14-22-29(39(3)4)31(42)28(34(37)45)33(44)36(22,47)32(43)26(18)30(27)41/h7-10,12,16,18,22-23,29,38,40,42-43,47H,11,13-15H2,1-6H3,(H2,37,45)/t18-,22-,23?,29+,36-/m0/s1. The van der Waals surface area contributed by atoms with Gasteiger partial charge in [0.15, 0.2) is 11.4 Å². The van der Waals surface area contributed by atoms with Crippen LogP contribution in [0, 0.1) is 17.8 Å². The highest BCUT2D eigenvalue weighted by atomic mass is 16.5. The molecule has 0 saturated heterocycles. The maximum absolute atomic E-state index is 14.2. The Labute approximate surface area is 284 Å². The molecule has 0 radical (unpaired) electrons. The lowest BCUT2D eigenvalue weighted by atomic mass is 9.58. The van der Waals surface area contributed by atoms with Crippen LogP contribution in [0.5, 0.6) is 11.5 Å². The molecule has 0 fully saturated rings. The van der Waals surface area contributed by atoms with Gasteiger partial charge in [0.25, 0.3) is 5.91 Å². The van der Waals surface area contributed by atoms with Crippen molar-refractivity contribution >= 4 is 23.4 Å². The number of rotatable bonds is 10. The third-order valence-corrected chi connectivity index (χ3v) is 9.91. The molecule has 0 saturated carbocycles. The maximum Gasteiger partial charge on any atom is 0.322 e. The highest BCUT2D eigenvalue weighted by molar-refractivity contribution is 6.25. The summed E-state index contributed by atoms with van der Waals surface area (Å²) >= 11 is 0. The number of amides is 1. The van der Waals surface area contributed by atoms with Crippen molar-refractivity contribution in [2.45, 2.75) is 57.3 Å². The third-order valence-electron chi connectivity index (χ3n) is 9.91. The number of fused-ring (bicyclic) bond motifs is 3. The number of phenolic OH excluding ortho intramolecular Hbond substituents is 1. The number of Topliss-reactive ketones (excluding diaryl/α,β-unsaturated/α-hetero) is 2. The van der Waals surface area contributed by atoms with Crippen LogP contribution in [0.4, 0.5) is 0 Å². The van der Waals surface area contributed by atoms with Gasteiger partial charge in [-0.15, -0.1) is 0 Å². The number of phenols is 1. The first-order chi connectivity index (χ1) is 23.1. The van der Waals surface area contributed by atoms with E-state index in [2.05, 4.69) is 5.32 Å². The van der Waals surface area contributed by atoms with E-state index in [0.29, 0.717) is 35.4 Å². The van der Waals surface area contributed by atoms with Gasteiger partial charge in [-0.25, -0.2) is 0 Å². The van der Waals surface area contributed by atoms with Gasteiger partial charge in [-0.2, -0.15) is 0 Å². The van der Waals surface area contributed by atoms with E-state index in [1.807, 2.05) is 26.0 Å². The number of benzene rings is 2. The number of primary amides is 1. The van der Waals surface area contributed by atoms with Crippen LogP contribution in [0.3, 0.4) is 0 Å². The Hall–Kier alpha value is -4.72. The number of nitrogens with two attached hydrogens (primary N) is 1. The van der Waals surface area contributed by atoms with Gasteiger partial charge in [0.1, 0.15) is 34.6 Å². The molecule has 2 aromatic rings. The van der Waals surface area contributed by atoms with Crippen molar-refractivity contribution < 1.29 is 49.1 Å². The van der Waals surface area contributed by atoms with Crippen molar-refractivity contribution in [3.05, 3.63) is 69.7 Å². The summed E-state index contributed by atoms with van der Waals surface area (Å²) in [6.07, 6.45) is 0.649. The number of carbonyl (C=O) groups excluding carboxylic acids is 4. The minimum atomic E-state index is -2.72. The number of likely N-dealkylation sites (N-methyl/N-ethyl adjacent to an activating group) is 1. The van der Waals surface area contributed by atoms with Gasteiger partial charge in [0.2, 0.25) is 5.78 Å². The van der Waals surface area contributed by atoms with Gasteiger partial charge < -0.3 is 41.0 Å². The minimum Gasteiger partial charge on any atom is -0.510 e. The molecule has 2 aromatic carbocycles. The lowest BCUT2D eigenvalue weighted by molar-refractivity contribution is -0.148. The summed E-state index contributed by atoms with van der Waals surface area (Å²) < 4.78 is 10.7. The molecule has 13 nitrogen and oxygen atoms in total. The lowest BCUT2D eigenvalue weighted by Crippen LogP contribution is -2.63. The number of carbonyl (C=O) groups is 4. The second-order valence-corrected chi connectivity index (χ2v) is 13.6. The van der Waals surface area contributed by atoms with E-state index in [9.17, 15) is 39.6 Å². The fraction of sp³-hybridized carbons (Fsp3) is 0.444. The SMILES string of the molecule is COC(=O)C(CC(C)C)NCc1ccc(OC)c(-c2ccc(O)c3c2C[C@H]2C[C@H]4[C@@H](N(C)C)C(O)=C(C(N)=O)C(=O)[C@@]4(O)C(O)=C2C3=O)c1. The molecule has 262 valence electrons. The van der Waals surface area contributed by atoms with Gasteiger partial charge >= 0.3 is 5.97 Å². The minimum absolute atomic E-state index is 0.0350. The van der Waals surface area contributed by atoms with E-state index < -0.39 is 64.1 Å². The van der Waals surface area contributed by atoms with Crippen molar-refractivity contribution in [2.75, 3.05) is 28.3 Å². The zero-order chi connectivity index (χ0) is 36.1. The molecule has 7 N–H and O–H groups in total. The van der Waals surface area contributed by atoms with E-state index in [4.69, 9.17) is 15.2 Å². The summed E-state index contributed by atoms with van der Waals surface area (Å²) in [5, 5.41) is 48.8. The molecule has 5 atom stereocenters. The number of aliphatic hydroxyl groups excluding tert-OH is 2. The van der Waals surface area contributed by atoms with Gasteiger partial charge in [-0.1, -0.05) is 26.0 Å². The number of esters is 1. The summed E-state index contributed by atoms with van der Waals surface area (Å²) in [4.78, 5) is 53.9. The second kappa shape index (κ2) is 13.3. The van der Waals surface area contributed by atoms with Crippen molar-refractivity contribution in [1.82, 2.24) is 10.2 Å². The fourth-order valence-corrected chi connectivity index (χ4v) is 7.70. The second-order valence-electron chi connectivity index (χ2n) is 13.6. The molecular formula is C36H43N3O10. The molecule has 3 aliphatic carbocycles. The van der Waals surface area contributed by atoms with Gasteiger partial charge in [0, 0.05) is 23.6 Å². The van der Waals surface area contributed by atoms with Crippen molar-refractivity contribution in [2.24, 2.45) is 23.5 Å². The number of hydrogen-bond acceptors (Lipinski definition) is 12. The summed E-state index contributed by atoms with van der Waals surface area (Å²) in [5.74, 6) is -6.80. The van der Waals surface area contributed by atoms with Crippen molar-refractivity contribution in [1.29, 1.82) is 0 Å². The molecule has 5 rings (SSSR count). The predicted octanol–water partition coefficient (Wildman–Crippen LogP) is 2.47. The van der Waals surface area contributed by atoms with Crippen LogP contribution in [0.1, 0.15) is 48.2 Å². The van der Waals surface area contributed by atoms with E-state index >= 15 is 0 Å². The van der Waals surface area contributed by atoms with Gasteiger partial charge in [-0.3, -0.25) is 24.1 Å². The number of methoxy groups -OCH3 is 2. The fourth-order valence-electron chi connectivity index (χ4n) is 7.70. The van der Waals surface area contributed by atoms with Crippen LogP contribution in [0.2, 0.25) is 0 Å². The Morgan fingerprint density at radius 1 is 1.08 bits per heavy atom. The molecule has 0 heterocycles. The van der Waals surface area contributed by atoms with E-state index in [1.165, 1.54) is 25.2 Å². The molecule has 13 heteroatoms. The van der Waals surface area contributed by atoms with E-state index in [0.717, 1.165) is 5.56 Å². The number of allylic oxidation sites excluding steroid dienone is 1. The first-order valence-electron chi connectivity index (χ1n) is 16.1. The first kappa shape index (κ1) is 35.6. The normalized spacial score (nSPS) is 24.1. The monoisotopic (exact) mass is 677 g/mol. The van der Waals surface area contributed by atoms with E-state index in [1.54, 1.807) is 26.2 Å². The molecule has 49 heavy (non-hydrogen) atoms. The summed E-state index contributed by atoms with van der Waals surface area (Å²) in [6, 6.07) is 6.88. The molecule has 0 aliphatic heterocycles. The van der Waals surface area contributed by atoms with Crippen LogP contribution in [-0.2, 0) is 32.1 Å². The Morgan fingerprint density at radius 3 is 2.37 bits per heavy atom. The zero-order valence-electron chi connectivity index (χ0n) is 28.4. The van der Waals surface area contributed by atoms with Crippen molar-refractivity contribution in [3.63, 3.8) is 0 Å². The van der Waals surface area contributed by atoms with Crippen LogP contribution in [0.25, 0.3) is 11.1 Å². The predicted molar refractivity (Wildman–Crippen MR) is 178 cm³/mol. The topological polar surface area (TPSA) is 209 Å². The highest BCUT2D eigenvalue weighted by Crippen LogP contribution is 2.53. The molecule has 0 bridgehead atoms. The van der Waals surface area contributed by atoms with Gasteiger partial charge in [-0.05, 0) is 80.1 Å². The van der Waals surface area contributed by atoms with Crippen LogP contribution < -0.4 is 15.8 Å². The van der Waals surface area contributed by atoms with Crippen LogP contribution in [0.15, 0.2) is 53.0 Å². The molecule has 0 spiro atoms. The quantitative estimate of drug-likeness (QED) is 0.158. The first-order valence-corrected chi connectivity index (χ1v) is 16.1. The Morgan fingerprint density at radius 2 is 1.78 bits per heavy atom. The maximum atomic E-state index is 14.2. The van der Waals surface area contributed by atoms with Crippen molar-refractivity contribution in [3.8, 4) is 22.6 Å². The number of aliphatic hydroxyl groups is 3. The summed E-state index contributed by atoms with van der Waals surface area (Å²) in [7, 11) is 6.00. The number of hydrogen-bond donors (Lipinski definition) is 6. The summed E-state index contributed by atoms with van der Waals surface area (Å²) in [6.45, 7) is 4.34. The molecule has 1 unspecified atom stereocenters. The number of ketones is 2. The molecular weight excluding hydrogens is 634 g/mol. The lowest BCUT2D eigenvalue weighted by Gasteiger charge is -2.50. The largest absolute Gasteiger partial charge is 0.510 e. The van der Waals surface area contributed by atoms with E-state index in [-0.39, 0.29) is 41.6 Å². The molecule has 0 aromatic heterocycles. The van der Waals surface area contributed by atoms with Crippen LogP contribution >= 0.6 is 0 Å². The zero-order valence-corrected chi connectivity index (χ0v) is 28.4. The van der Waals surface area contributed by atoms with Gasteiger partial charge in [0.05, 0.1) is 25.8 Å². The number of aromatic hydroxyl groups is 1. The average molecular weight is 678 g/mol. The number of nitrogens with one attached hydrogen (secondary N) is 1. The average Bonchev–Trinajstić information content (AvgIpc) is 3.03. The number of ether oxygens (including phenoxy) is 2. The Balaban J connectivity index is 1.61. The molecule has 3 aliphatic rings. The highest BCUT2D eigenvalue weighted by Gasteiger charge is 2.63. The smallest absolute Gasteiger partial charge is 0.322 e. The Kier molecular flexibility index (Phi) is 9.66. The summed E-state index contributed by atoms with van der Waals surface area (Å²) in [5.41, 5.74) is 3.95. The number of nitrogens with zero attached hydrogens (tertiary/aromatic N) is 1. The Bertz CT molecular complexity index is 1790.